The minimum atomic E-state index is -0.748. The lowest BCUT2D eigenvalue weighted by Gasteiger charge is -2.14. The fraction of sp³-hybridized carbons (Fsp3) is 0.538. The Morgan fingerprint density at radius 2 is 1.94 bits per heavy atom. The lowest BCUT2D eigenvalue weighted by Crippen LogP contribution is -2.22. The first kappa shape index (κ1) is 14.8. The molecule has 0 aromatic heterocycles. The van der Waals surface area contributed by atoms with Gasteiger partial charge in [0.1, 0.15) is 11.9 Å². The van der Waals surface area contributed by atoms with Gasteiger partial charge >= 0.3 is 0 Å². The fourth-order valence-corrected chi connectivity index (χ4v) is 1.45. The van der Waals surface area contributed by atoms with Gasteiger partial charge in [-0.2, -0.15) is 0 Å². The van der Waals surface area contributed by atoms with Gasteiger partial charge in [0.15, 0.2) is 0 Å². The quantitative estimate of drug-likeness (QED) is 0.643. The van der Waals surface area contributed by atoms with E-state index in [2.05, 4.69) is 5.32 Å². The molecular weight excluding hydrogens is 234 g/mol. The van der Waals surface area contributed by atoms with E-state index in [0.717, 1.165) is 11.4 Å². The van der Waals surface area contributed by atoms with Crippen LogP contribution in [0.2, 0.25) is 0 Å². The number of nitrogens with one attached hydrogen (secondary N) is 1. The summed E-state index contributed by atoms with van der Waals surface area (Å²) in [5, 5.41) is 20.9. The maximum Gasteiger partial charge on any atom is 0.119 e. The van der Waals surface area contributed by atoms with Crippen LogP contribution in [0.1, 0.15) is 6.92 Å². The van der Waals surface area contributed by atoms with Gasteiger partial charge in [0.2, 0.25) is 0 Å². The van der Waals surface area contributed by atoms with E-state index in [1.54, 1.807) is 7.11 Å². The van der Waals surface area contributed by atoms with Crippen LogP contribution in [0.25, 0.3) is 0 Å². The Bertz CT molecular complexity index is 328. The van der Waals surface area contributed by atoms with E-state index in [-0.39, 0.29) is 12.7 Å². The molecule has 0 fully saturated rings. The highest BCUT2D eigenvalue weighted by Crippen LogP contribution is 2.16. The van der Waals surface area contributed by atoms with E-state index in [4.69, 9.17) is 14.6 Å². The monoisotopic (exact) mass is 255 g/mol. The Balaban J connectivity index is 2.42. The van der Waals surface area contributed by atoms with E-state index < -0.39 is 6.10 Å². The molecule has 18 heavy (non-hydrogen) atoms. The lowest BCUT2D eigenvalue weighted by molar-refractivity contribution is 0.0921. The maximum atomic E-state index is 9.20. The largest absolute Gasteiger partial charge is 0.488 e. The summed E-state index contributed by atoms with van der Waals surface area (Å²) in [6.07, 6.45) is -0.743. The van der Waals surface area contributed by atoms with E-state index in [0.29, 0.717) is 13.2 Å². The van der Waals surface area contributed by atoms with Crippen LogP contribution < -0.4 is 10.1 Å². The van der Waals surface area contributed by atoms with Crippen molar-refractivity contribution in [1.29, 1.82) is 0 Å². The normalized spacial score (nSPS) is 14.0. The molecule has 0 saturated heterocycles. The SMILES string of the molecule is COCC(C)Oc1ccc(NCC(O)CO)cc1. The molecule has 0 spiro atoms. The van der Waals surface area contributed by atoms with Gasteiger partial charge in [-0.25, -0.2) is 0 Å². The first-order valence-corrected chi connectivity index (χ1v) is 5.94. The Labute approximate surface area is 107 Å². The van der Waals surface area contributed by atoms with Crippen molar-refractivity contribution < 1.29 is 19.7 Å². The Hall–Kier alpha value is -1.30. The van der Waals surface area contributed by atoms with Gasteiger partial charge in [-0.1, -0.05) is 0 Å². The second-order valence-electron chi connectivity index (χ2n) is 4.13. The number of hydrogen-bond donors (Lipinski definition) is 3. The molecule has 1 aromatic rings. The van der Waals surface area contributed by atoms with Crippen molar-refractivity contribution in [3.05, 3.63) is 24.3 Å². The Morgan fingerprint density at radius 1 is 1.28 bits per heavy atom. The third-order valence-electron chi connectivity index (χ3n) is 2.35. The highest BCUT2D eigenvalue weighted by molar-refractivity contribution is 5.46. The lowest BCUT2D eigenvalue weighted by atomic mass is 10.3. The summed E-state index contributed by atoms with van der Waals surface area (Å²) in [5.74, 6) is 0.771. The van der Waals surface area contributed by atoms with Crippen LogP contribution >= 0.6 is 0 Å². The molecule has 5 nitrogen and oxygen atoms in total. The van der Waals surface area contributed by atoms with Crippen LogP contribution in [-0.2, 0) is 4.74 Å². The number of rotatable bonds is 8. The molecule has 0 aliphatic rings. The molecular formula is C13H21NO4. The van der Waals surface area contributed by atoms with Crippen LogP contribution in [0.15, 0.2) is 24.3 Å². The fourth-order valence-electron chi connectivity index (χ4n) is 1.45. The number of hydrogen-bond acceptors (Lipinski definition) is 5. The average molecular weight is 255 g/mol. The van der Waals surface area contributed by atoms with Crippen LogP contribution in [0.5, 0.6) is 5.75 Å². The summed E-state index contributed by atoms with van der Waals surface area (Å²) in [7, 11) is 1.64. The number of ether oxygens (including phenoxy) is 2. The standard InChI is InChI=1S/C13H21NO4/c1-10(9-17-2)18-13-5-3-11(4-6-13)14-7-12(16)8-15/h3-6,10,12,14-16H,7-9H2,1-2H3. The van der Waals surface area contributed by atoms with Crippen LogP contribution in [0, 0.1) is 0 Å². The molecule has 1 rings (SSSR count). The maximum absolute atomic E-state index is 9.20. The van der Waals surface area contributed by atoms with Crippen molar-refractivity contribution in [3.8, 4) is 5.75 Å². The van der Waals surface area contributed by atoms with Gasteiger partial charge in [0, 0.05) is 19.3 Å². The number of aliphatic hydroxyl groups excluding tert-OH is 2. The molecule has 3 N–H and O–H groups in total. The predicted octanol–water partition coefficient (Wildman–Crippen LogP) is 0.865. The predicted molar refractivity (Wildman–Crippen MR) is 70.0 cm³/mol. The molecule has 102 valence electrons. The zero-order chi connectivity index (χ0) is 13.4. The number of methoxy groups -OCH3 is 1. The van der Waals surface area contributed by atoms with Crippen molar-refractivity contribution in [1.82, 2.24) is 0 Å². The topological polar surface area (TPSA) is 71.0 Å². The summed E-state index contributed by atoms with van der Waals surface area (Å²) in [4.78, 5) is 0. The zero-order valence-electron chi connectivity index (χ0n) is 10.8. The summed E-state index contributed by atoms with van der Waals surface area (Å²) in [6, 6.07) is 7.41. The minimum Gasteiger partial charge on any atom is -0.488 e. The van der Waals surface area contributed by atoms with Crippen molar-refractivity contribution in [2.75, 3.05) is 32.2 Å². The molecule has 0 saturated carbocycles. The summed E-state index contributed by atoms with van der Waals surface area (Å²) in [6.45, 7) is 2.55. The molecule has 2 unspecified atom stereocenters. The van der Waals surface area contributed by atoms with Gasteiger partial charge in [-0.3, -0.25) is 0 Å². The van der Waals surface area contributed by atoms with Gasteiger partial charge in [-0.15, -0.1) is 0 Å². The van der Waals surface area contributed by atoms with Gasteiger partial charge in [0.05, 0.1) is 19.3 Å². The van der Waals surface area contributed by atoms with Crippen LogP contribution in [0.3, 0.4) is 0 Å². The van der Waals surface area contributed by atoms with Crippen LogP contribution in [0.4, 0.5) is 5.69 Å². The Morgan fingerprint density at radius 3 is 2.50 bits per heavy atom. The van der Waals surface area contributed by atoms with Crippen molar-refractivity contribution in [2.24, 2.45) is 0 Å². The third kappa shape index (κ3) is 5.35. The average Bonchev–Trinajstić information content (AvgIpc) is 2.37. The van der Waals surface area contributed by atoms with E-state index in [1.807, 2.05) is 31.2 Å². The first-order chi connectivity index (χ1) is 8.65. The smallest absolute Gasteiger partial charge is 0.119 e. The second kappa shape index (κ2) is 7.92. The van der Waals surface area contributed by atoms with Crippen molar-refractivity contribution in [3.63, 3.8) is 0 Å². The molecule has 5 heteroatoms. The minimum absolute atomic E-state index is 0.00465. The number of benzene rings is 1. The highest BCUT2D eigenvalue weighted by atomic mass is 16.5. The van der Waals surface area contributed by atoms with E-state index >= 15 is 0 Å². The summed E-state index contributed by atoms with van der Waals surface area (Å²) >= 11 is 0. The van der Waals surface area contributed by atoms with Crippen molar-refractivity contribution in [2.45, 2.75) is 19.1 Å². The third-order valence-corrected chi connectivity index (χ3v) is 2.35. The van der Waals surface area contributed by atoms with Gasteiger partial charge < -0.3 is 25.0 Å². The number of aliphatic hydroxyl groups is 2. The van der Waals surface area contributed by atoms with E-state index in [1.165, 1.54) is 0 Å². The summed E-state index contributed by atoms with van der Waals surface area (Å²) in [5.41, 5.74) is 0.870. The number of anilines is 1. The van der Waals surface area contributed by atoms with Crippen molar-refractivity contribution >= 4 is 5.69 Å². The molecule has 1 aromatic carbocycles. The van der Waals surface area contributed by atoms with E-state index in [9.17, 15) is 5.11 Å². The molecule has 0 aliphatic carbocycles. The van der Waals surface area contributed by atoms with Crippen LogP contribution in [-0.4, -0.2) is 49.3 Å². The second-order valence-corrected chi connectivity index (χ2v) is 4.13. The zero-order valence-corrected chi connectivity index (χ0v) is 10.8. The molecule has 0 radical (unpaired) electrons. The van der Waals surface area contributed by atoms with Gasteiger partial charge in [0.25, 0.3) is 0 Å². The highest BCUT2D eigenvalue weighted by Gasteiger charge is 2.04. The summed E-state index contributed by atoms with van der Waals surface area (Å²) < 4.78 is 10.6. The first-order valence-electron chi connectivity index (χ1n) is 5.94. The molecule has 0 heterocycles. The molecule has 0 amide bonds. The molecule has 2 atom stereocenters. The molecule has 0 aliphatic heterocycles. The van der Waals surface area contributed by atoms with Gasteiger partial charge in [-0.05, 0) is 31.2 Å². The molecule has 0 bridgehead atoms. The Kier molecular flexibility index (Phi) is 6.49.